The molecule has 1 aromatic rings. The quantitative estimate of drug-likeness (QED) is 0.908. The normalized spacial score (nSPS) is 34.0. The van der Waals surface area contributed by atoms with Crippen molar-refractivity contribution >= 4 is 0 Å². The van der Waals surface area contributed by atoms with Crippen molar-refractivity contribution in [1.29, 1.82) is 5.26 Å². The maximum absolute atomic E-state index is 9.59. The Bertz CT molecular complexity index is 531. The zero-order valence-electron chi connectivity index (χ0n) is 12.9. The molecule has 0 amide bonds. The van der Waals surface area contributed by atoms with Gasteiger partial charge in [0, 0.05) is 12.1 Å². The number of nitrogens with zero attached hydrogens (tertiary/aromatic N) is 1. The molecule has 0 aliphatic heterocycles. The van der Waals surface area contributed by atoms with Crippen LogP contribution in [0, 0.1) is 22.2 Å². The molecule has 0 heterocycles. The molecule has 3 rings (SSSR count). The maximum atomic E-state index is 9.59. The fourth-order valence-corrected chi connectivity index (χ4v) is 3.90. The molecule has 0 aromatic heterocycles. The number of rotatable bonds is 3. The first kappa shape index (κ1) is 13.6. The summed E-state index contributed by atoms with van der Waals surface area (Å²) in [5, 5.41) is 13.4. The van der Waals surface area contributed by atoms with Crippen molar-refractivity contribution in [2.24, 2.45) is 10.8 Å². The summed E-state index contributed by atoms with van der Waals surface area (Å²) < 4.78 is 0. The first-order valence-corrected chi connectivity index (χ1v) is 7.56. The molecule has 0 saturated heterocycles. The van der Waals surface area contributed by atoms with Gasteiger partial charge >= 0.3 is 0 Å². The van der Waals surface area contributed by atoms with Gasteiger partial charge in [0.1, 0.15) is 0 Å². The summed E-state index contributed by atoms with van der Waals surface area (Å²) in [5.41, 5.74) is 1.65. The summed E-state index contributed by atoms with van der Waals surface area (Å²) in [6.07, 6.45) is 1.88. The highest BCUT2D eigenvalue weighted by Crippen LogP contribution is 2.63. The fraction of sp³-hybridized carbons (Fsp3) is 0.611. The number of nitriles is 1. The molecule has 1 N–H and O–H groups in total. The second kappa shape index (κ2) is 4.09. The van der Waals surface area contributed by atoms with Crippen LogP contribution in [0.5, 0.6) is 0 Å². The zero-order chi connectivity index (χ0) is 14.6. The third kappa shape index (κ3) is 1.73. The first-order chi connectivity index (χ1) is 9.33. The predicted molar refractivity (Wildman–Crippen MR) is 81.2 cm³/mol. The number of nitrogens with one attached hydrogen (secondary N) is 1. The molecule has 0 unspecified atom stereocenters. The van der Waals surface area contributed by atoms with Gasteiger partial charge in [0.2, 0.25) is 0 Å². The summed E-state index contributed by atoms with van der Waals surface area (Å²) in [4.78, 5) is 0. The van der Waals surface area contributed by atoms with Crippen LogP contribution in [-0.4, -0.2) is 12.1 Å². The van der Waals surface area contributed by atoms with Crippen molar-refractivity contribution in [3.63, 3.8) is 0 Å². The molecular weight excluding hydrogens is 244 g/mol. The molecule has 0 spiro atoms. The van der Waals surface area contributed by atoms with E-state index in [1.807, 2.05) is 18.2 Å². The average molecular weight is 268 g/mol. The molecule has 106 valence electrons. The van der Waals surface area contributed by atoms with Gasteiger partial charge in [0.25, 0.3) is 0 Å². The van der Waals surface area contributed by atoms with Crippen LogP contribution in [0.3, 0.4) is 0 Å². The maximum Gasteiger partial charge on any atom is 0.0852 e. The van der Waals surface area contributed by atoms with Gasteiger partial charge in [-0.3, -0.25) is 0 Å². The molecular formula is C18H24N2. The van der Waals surface area contributed by atoms with E-state index >= 15 is 0 Å². The molecule has 2 nitrogen and oxygen atoms in total. The highest BCUT2D eigenvalue weighted by atomic mass is 15.1. The van der Waals surface area contributed by atoms with Crippen LogP contribution in [0.25, 0.3) is 0 Å². The van der Waals surface area contributed by atoms with E-state index in [1.54, 1.807) is 0 Å². The molecule has 0 bridgehead atoms. The van der Waals surface area contributed by atoms with Crippen LogP contribution < -0.4 is 5.32 Å². The highest BCUT2D eigenvalue weighted by Gasteiger charge is 2.65. The Morgan fingerprint density at radius 2 is 1.60 bits per heavy atom. The summed E-state index contributed by atoms with van der Waals surface area (Å²) in [6, 6.07) is 13.9. The lowest BCUT2D eigenvalue weighted by atomic mass is 9.62. The van der Waals surface area contributed by atoms with Crippen molar-refractivity contribution in [2.45, 2.75) is 58.0 Å². The van der Waals surface area contributed by atoms with E-state index in [1.165, 1.54) is 5.56 Å². The van der Waals surface area contributed by atoms with Gasteiger partial charge in [0.05, 0.1) is 11.5 Å². The number of hydrogen-bond acceptors (Lipinski definition) is 2. The monoisotopic (exact) mass is 268 g/mol. The van der Waals surface area contributed by atoms with Crippen molar-refractivity contribution in [1.82, 2.24) is 5.32 Å². The Morgan fingerprint density at radius 1 is 1.05 bits per heavy atom. The van der Waals surface area contributed by atoms with E-state index in [9.17, 15) is 5.26 Å². The van der Waals surface area contributed by atoms with Crippen LogP contribution in [0.4, 0.5) is 0 Å². The van der Waals surface area contributed by atoms with Gasteiger partial charge in [-0.1, -0.05) is 58.0 Å². The lowest BCUT2D eigenvalue weighted by molar-refractivity contribution is 0.216. The molecule has 2 fully saturated rings. The van der Waals surface area contributed by atoms with Crippen LogP contribution >= 0.6 is 0 Å². The van der Waals surface area contributed by atoms with Gasteiger partial charge in [-0.05, 0) is 29.2 Å². The minimum absolute atomic E-state index is 0.262. The lowest BCUT2D eigenvalue weighted by Gasteiger charge is -2.44. The van der Waals surface area contributed by atoms with Gasteiger partial charge in [0.15, 0.2) is 0 Å². The van der Waals surface area contributed by atoms with Crippen molar-refractivity contribution in [3.8, 4) is 6.07 Å². The third-order valence-corrected chi connectivity index (χ3v) is 6.15. The topological polar surface area (TPSA) is 35.8 Å². The van der Waals surface area contributed by atoms with E-state index in [-0.39, 0.29) is 5.41 Å². The number of benzene rings is 1. The molecule has 0 atom stereocenters. The Balaban J connectivity index is 1.66. The molecule has 0 radical (unpaired) electrons. The number of hydrogen-bond donors (Lipinski definition) is 1. The lowest BCUT2D eigenvalue weighted by Crippen LogP contribution is -2.52. The van der Waals surface area contributed by atoms with Gasteiger partial charge in [-0.15, -0.1) is 0 Å². The van der Waals surface area contributed by atoms with E-state index in [0.29, 0.717) is 22.9 Å². The smallest absolute Gasteiger partial charge is 0.0852 e. The zero-order valence-corrected chi connectivity index (χ0v) is 12.9. The highest BCUT2D eigenvalue weighted by molar-refractivity contribution is 5.37. The summed E-state index contributed by atoms with van der Waals surface area (Å²) in [6.45, 7) is 9.33. The van der Waals surface area contributed by atoms with E-state index in [2.05, 4.69) is 51.2 Å². The SMILES string of the molecule is CC1(C)C(NC2CC(C#N)(c3ccccc3)C2)C1(C)C. The van der Waals surface area contributed by atoms with Gasteiger partial charge in [-0.25, -0.2) is 0 Å². The van der Waals surface area contributed by atoms with Crippen molar-refractivity contribution in [3.05, 3.63) is 35.9 Å². The molecule has 2 heteroatoms. The Hall–Kier alpha value is -1.33. The van der Waals surface area contributed by atoms with Crippen LogP contribution in [0.15, 0.2) is 30.3 Å². The summed E-state index contributed by atoms with van der Waals surface area (Å²) in [5.74, 6) is 0. The van der Waals surface area contributed by atoms with Crippen LogP contribution in [0.1, 0.15) is 46.1 Å². The van der Waals surface area contributed by atoms with Crippen LogP contribution in [-0.2, 0) is 5.41 Å². The minimum Gasteiger partial charge on any atom is -0.310 e. The predicted octanol–water partition coefficient (Wildman–Crippen LogP) is 3.63. The first-order valence-electron chi connectivity index (χ1n) is 7.56. The molecule has 2 saturated carbocycles. The largest absolute Gasteiger partial charge is 0.310 e. The van der Waals surface area contributed by atoms with E-state index in [4.69, 9.17) is 0 Å². The second-order valence-electron chi connectivity index (χ2n) is 7.71. The van der Waals surface area contributed by atoms with E-state index in [0.717, 1.165) is 12.8 Å². The van der Waals surface area contributed by atoms with E-state index < -0.39 is 0 Å². The average Bonchev–Trinajstić information content (AvgIpc) is 2.76. The van der Waals surface area contributed by atoms with Gasteiger partial charge < -0.3 is 5.32 Å². The second-order valence-corrected chi connectivity index (χ2v) is 7.71. The Morgan fingerprint density at radius 3 is 2.05 bits per heavy atom. The summed E-state index contributed by atoms with van der Waals surface area (Å²) in [7, 11) is 0. The third-order valence-electron chi connectivity index (χ3n) is 6.15. The molecule has 2 aliphatic carbocycles. The van der Waals surface area contributed by atoms with Crippen molar-refractivity contribution < 1.29 is 0 Å². The van der Waals surface area contributed by atoms with Crippen LogP contribution in [0.2, 0.25) is 0 Å². The Labute approximate surface area is 122 Å². The summed E-state index contributed by atoms with van der Waals surface area (Å²) >= 11 is 0. The Kier molecular flexibility index (Phi) is 2.79. The molecule has 2 aliphatic rings. The van der Waals surface area contributed by atoms with Crippen molar-refractivity contribution in [2.75, 3.05) is 0 Å². The fourth-order valence-electron chi connectivity index (χ4n) is 3.90. The minimum atomic E-state index is -0.262. The standard InChI is InChI=1S/C18H24N2/c1-16(2)15(17(16,3)4)20-14-10-18(11-14,12-19)13-8-6-5-7-9-13/h5-9,14-15,20H,10-11H2,1-4H3. The van der Waals surface area contributed by atoms with Gasteiger partial charge in [-0.2, -0.15) is 5.26 Å². The molecule has 20 heavy (non-hydrogen) atoms. The molecule has 1 aromatic carbocycles.